The first-order valence-corrected chi connectivity index (χ1v) is 4.58. The lowest BCUT2D eigenvalue weighted by atomic mass is 10.0. The topological polar surface area (TPSA) is 35.8 Å². The van der Waals surface area contributed by atoms with Crippen LogP contribution in [-0.2, 0) is 0 Å². The van der Waals surface area contributed by atoms with E-state index >= 15 is 0 Å². The molecule has 0 spiro atoms. The van der Waals surface area contributed by atoms with Crippen molar-refractivity contribution in [3.63, 3.8) is 0 Å². The zero-order chi connectivity index (χ0) is 9.10. The van der Waals surface area contributed by atoms with Crippen LogP contribution in [0.4, 0.5) is 0 Å². The highest BCUT2D eigenvalue weighted by Crippen LogP contribution is 2.26. The number of rotatable bonds is 1. The van der Waals surface area contributed by atoms with Crippen molar-refractivity contribution in [2.24, 2.45) is 5.92 Å². The molecule has 2 heteroatoms. The zero-order valence-electron chi connectivity index (χ0n) is 7.40. The van der Waals surface area contributed by atoms with Crippen LogP contribution in [0.5, 0.6) is 0 Å². The van der Waals surface area contributed by atoms with Crippen molar-refractivity contribution in [1.29, 1.82) is 5.26 Å². The molecule has 0 aromatic heterocycles. The van der Waals surface area contributed by atoms with Crippen LogP contribution in [0.15, 0.2) is 30.3 Å². The van der Waals surface area contributed by atoms with Crippen LogP contribution in [0, 0.1) is 17.2 Å². The van der Waals surface area contributed by atoms with Gasteiger partial charge in [-0.2, -0.15) is 5.26 Å². The average Bonchev–Trinajstić information content (AvgIpc) is 2.67. The zero-order valence-corrected chi connectivity index (χ0v) is 7.40. The first-order valence-electron chi connectivity index (χ1n) is 4.58. The van der Waals surface area contributed by atoms with Gasteiger partial charge in [0.25, 0.3) is 0 Å². The van der Waals surface area contributed by atoms with Crippen LogP contribution in [0.25, 0.3) is 0 Å². The minimum Gasteiger partial charge on any atom is -0.309 e. The summed E-state index contributed by atoms with van der Waals surface area (Å²) in [4.78, 5) is 0. The van der Waals surface area contributed by atoms with Crippen LogP contribution >= 0.6 is 0 Å². The molecule has 1 aliphatic rings. The summed E-state index contributed by atoms with van der Waals surface area (Å²) < 4.78 is 0. The van der Waals surface area contributed by atoms with Crippen LogP contribution in [0.2, 0.25) is 0 Å². The molecule has 2 rings (SSSR count). The van der Waals surface area contributed by atoms with Gasteiger partial charge in [-0.05, 0) is 12.0 Å². The van der Waals surface area contributed by atoms with Gasteiger partial charge in [0.05, 0.1) is 12.0 Å². The third kappa shape index (κ3) is 1.71. The summed E-state index contributed by atoms with van der Waals surface area (Å²) in [6.07, 6.45) is 0.945. The van der Waals surface area contributed by atoms with Gasteiger partial charge in [0.2, 0.25) is 0 Å². The lowest BCUT2D eigenvalue weighted by Crippen LogP contribution is -2.13. The van der Waals surface area contributed by atoms with Crippen molar-refractivity contribution in [2.45, 2.75) is 12.5 Å². The molecule has 0 radical (unpaired) electrons. The van der Waals surface area contributed by atoms with Gasteiger partial charge in [-0.1, -0.05) is 30.3 Å². The van der Waals surface area contributed by atoms with E-state index in [1.54, 1.807) is 0 Å². The Bertz CT molecular complexity index is 313. The lowest BCUT2D eigenvalue weighted by molar-refractivity contribution is 0.639. The Morgan fingerprint density at radius 2 is 2.08 bits per heavy atom. The Hall–Kier alpha value is -1.33. The molecule has 0 bridgehead atoms. The smallest absolute Gasteiger partial charge is 0.0669 e. The second-order valence-electron chi connectivity index (χ2n) is 3.43. The number of nitriles is 1. The Balaban J connectivity index is 2.09. The van der Waals surface area contributed by atoms with Gasteiger partial charge < -0.3 is 5.32 Å². The maximum absolute atomic E-state index is 8.74. The number of benzene rings is 1. The van der Waals surface area contributed by atoms with Crippen LogP contribution in [-0.4, -0.2) is 6.54 Å². The molecule has 1 N–H and O–H groups in total. The summed E-state index contributed by atoms with van der Waals surface area (Å²) in [6, 6.07) is 13.0. The van der Waals surface area contributed by atoms with Crippen LogP contribution < -0.4 is 5.32 Å². The molecular formula is C11H12N2. The van der Waals surface area contributed by atoms with Crippen molar-refractivity contribution in [2.75, 3.05) is 6.54 Å². The van der Waals surface area contributed by atoms with Gasteiger partial charge >= 0.3 is 0 Å². The second-order valence-corrected chi connectivity index (χ2v) is 3.43. The summed E-state index contributed by atoms with van der Waals surface area (Å²) in [6.45, 7) is 0.829. The molecule has 1 aliphatic heterocycles. The fourth-order valence-electron chi connectivity index (χ4n) is 1.77. The van der Waals surface area contributed by atoms with Gasteiger partial charge in [-0.15, -0.1) is 0 Å². The second kappa shape index (κ2) is 3.59. The van der Waals surface area contributed by atoms with Crippen molar-refractivity contribution in [1.82, 2.24) is 5.32 Å². The molecule has 1 heterocycles. The molecule has 0 amide bonds. The van der Waals surface area contributed by atoms with Gasteiger partial charge in [-0.25, -0.2) is 0 Å². The minimum absolute atomic E-state index is 0.185. The minimum atomic E-state index is 0.185. The van der Waals surface area contributed by atoms with Gasteiger partial charge in [-0.3, -0.25) is 0 Å². The van der Waals surface area contributed by atoms with Crippen molar-refractivity contribution in [3.05, 3.63) is 35.9 Å². The Morgan fingerprint density at radius 1 is 1.31 bits per heavy atom. The third-order valence-electron chi connectivity index (χ3n) is 2.52. The number of hydrogen-bond acceptors (Lipinski definition) is 2. The van der Waals surface area contributed by atoms with E-state index in [2.05, 4.69) is 23.5 Å². The fraction of sp³-hybridized carbons (Fsp3) is 0.364. The summed E-state index contributed by atoms with van der Waals surface area (Å²) in [5.41, 5.74) is 1.29. The highest BCUT2D eigenvalue weighted by atomic mass is 14.9. The number of nitrogens with zero attached hydrogens (tertiary/aromatic N) is 1. The average molecular weight is 172 g/mol. The summed E-state index contributed by atoms with van der Waals surface area (Å²) in [5.74, 6) is 0.185. The number of nitrogens with one attached hydrogen (secondary N) is 1. The van der Waals surface area contributed by atoms with Gasteiger partial charge in [0.1, 0.15) is 0 Å². The summed E-state index contributed by atoms with van der Waals surface area (Å²) in [7, 11) is 0. The van der Waals surface area contributed by atoms with E-state index in [1.165, 1.54) is 5.56 Å². The first kappa shape index (κ1) is 8.28. The van der Waals surface area contributed by atoms with Crippen LogP contribution in [0.3, 0.4) is 0 Å². The number of hydrogen-bond donors (Lipinski definition) is 1. The van der Waals surface area contributed by atoms with E-state index in [0.29, 0.717) is 6.04 Å². The standard InChI is InChI=1S/C11H12N2/c12-7-9-6-11(13-8-9)10-4-2-1-3-5-10/h1-5,9,11,13H,6,8H2/t9-,11-/m0/s1. The molecule has 2 atom stereocenters. The lowest BCUT2D eigenvalue weighted by Gasteiger charge is -2.08. The van der Waals surface area contributed by atoms with E-state index < -0.39 is 0 Å². The Kier molecular flexibility index (Phi) is 2.29. The maximum atomic E-state index is 8.74. The highest BCUT2D eigenvalue weighted by molar-refractivity contribution is 5.20. The van der Waals surface area contributed by atoms with Crippen LogP contribution in [0.1, 0.15) is 18.0 Å². The van der Waals surface area contributed by atoms with Gasteiger partial charge in [0, 0.05) is 12.6 Å². The largest absolute Gasteiger partial charge is 0.309 e. The molecule has 1 aromatic carbocycles. The normalized spacial score (nSPS) is 27.0. The van der Waals surface area contributed by atoms with Crippen molar-refractivity contribution in [3.8, 4) is 6.07 Å². The quantitative estimate of drug-likeness (QED) is 0.701. The Morgan fingerprint density at radius 3 is 2.69 bits per heavy atom. The molecule has 1 saturated heterocycles. The molecule has 1 fully saturated rings. The fourth-order valence-corrected chi connectivity index (χ4v) is 1.77. The van der Waals surface area contributed by atoms with E-state index in [0.717, 1.165) is 13.0 Å². The molecule has 0 unspecified atom stereocenters. The Labute approximate surface area is 78.2 Å². The highest BCUT2D eigenvalue weighted by Gasteiger charge is 2.24. The van der Waals surface area contributed by atoms with Crippen molar-refractivity contribution < 1.29 is 0 Å². The molecule has 2 nitrogen and oxygen atoms in total. The summed E-state index contributed by atoms with van der Waals surface area (Å²) >= 11 is 0. The molecular weight excluding hydrogens is 160 g/mol. The van der Waals surface area contributed by atoms with Gasteiger partial charge in [0.15, 0.2) is 0 Å². The molecule has 66 valence electrons. The van der Waals surface area contributed by atoms with E-state index in [1.807, 2.05) is 18.2 Å². The maximum Gasteiger partial charge on any atom is 0.0669 e. The monoisotopic (exact) mass is 172 g/mol. The van der Waals surface area contributed by atoms with E-state index in [4.69, 9.17) is 5.26 Å². The van der Waals surface area contributed by atoms with E-state index in [9.17, 15) is 0 Å². The predicted octanol–water partition coefficient (Wildman–Crippen LogP) is 1.86. The van der Waals surface area contributed by atoms with Crippen molar-refractivity contribution >= 4 is 0 Å². The van der Waals surface area contributed by atoms with E-state index in [-0.39, 0.29) is 5.92 Å². The molecule has 0 saturated carbocycles. The third-order valence-corrected chi connectivity index (χ3v) is 2.52. The molecule has 13 heavy (non-hydrogen) atoms. The predicted molar refractivity (Wildman–Crippen MR) is 50.9 cm³/mol. The SMILES string of the molecule is N#C[C@H]1CN[C@H](c2ccccc2)C1. The summed E-state index contributed by atoms with van der Waals surface area (Å²) in [5, 5.41) is 12.1. The first-order chi connectivity index (χ1) is 6.40. The molecule has 1 aromatic rings. The molecule has 0 aliphatic carbocycles.